The standard InChI is InChI=1S/C10H22N2O/c1-8(6-11)12-5-4-9(13)10(2,3)7-12/h8-9,13H,4-7,11H2,1-3H3. The van der Waals surface area contributed by atoms with Gasteiger partial charge in [0, 0.05) is 31.1 Å². The first-order valence-electron chi connectivity index (χ1n) is 5.09. The number of likely N-dealkylation sites (tertiary alicyclic amines) is 1. The SMILES string of the molecule is CC(CN)N1CCC(O)C(C)(C)C1. The van der Waals surface area contributed by atoms with E-state index < -0.39 is 0 Å². The van der Waals surface area contributed by atoms with Gasteiger partial charge in [-0.15, -0.1) is 0 Å². The van der Waals surface area contributed by atoms with Crippen LogP contribution in [0.15, 0.2) is 0 Å². The first-order chi connectivity index (χ1) is 5.97. The normalized spacial score (nSPS) is 31.6. The average Bonchev–Trinajstić information content (AvgIpc) is 2.08. The molecule has 0 bridgehead atoms. The maximum atomic E-state index is 9.75. The summed E-state index contributed by atoms with van der Waals surface area (Å²) in [5.74, 6) is 0. The smallest absolute Gasteiger partial charge is 0.0615 e. The van der Waals surface area contributed by atoms with Crippen LogP contribution in [0.1, 0.15) is 27.2 Å². The second-order valence-electron chi connectivity index (χ2n) is 4.85. The number of hydrogen-bond donors (Lipinski definition) is 2. The first kappa shape index (κ1) is 11.0. The van der Waals surface area contributed by atoms with Crippen molar-refractivity contribution < 1.29 is 5.11 Å². The largest absolute Gasteiger partial charge is 0.392 e. The lowest BCUT2D eigenvalue weighted by atomic mass is 9.81. The minimum absolute atomic E-state index is 0.0156. The van der Waals surface area contributed by atoms with Crippen LogP contribution in [0.4, 0.5) is 0 Å². The summed E-state index contributed by atoms with van der Waals surface area (Å²) in [6, 6.07) is 0.437. The molecule has 13 heavy (non-hydrogen) atoms. The molecule has 1 saturated heterocycles. The molecule has 1 aliphatic rings. The minimum Gasteiger partial charge on any atom is -0.392 e. The van der Waals surface area contributed by atoms with Crippen LogP contribution >= 0.6 is 0 Å². The Labute approximate surface area is 80.9 Å². The maximum absolute atomic E-state index is 9.75. The van der Waals surface area contributed by atoms with Crippen LogP contribution < -0.4 is 5.73 Å². The van der Waals surface area contributed by atoms with Gasteiger partial charge < -0.3 is 10.8 Å². The number of aliphatic hydroxyl groups is 1. The Bertz CT molecular complexity index is 170. The molecule has 0 saturated carbocycles. The minimum atomic E-state index is -0.159. The predicted octanol–water partition coefficient (Wildman–Crippen LogP) is 0.426. The molecule has 1 rings (SSSR count). The average molecular weight is 186 g/mol. The fourth-order valence-corrected chi connectivity index (χ4v) is 1.91. The van der Waals surface area contributed by atoms with Gasteiger partial charge in [0.15, 0.2) is 0 Å². The summed E-state index contributed by atoms with van der Waals surface area (Å²) in [7, 11) is 0. The fourth-order valence-electron chi connectivity index (χ4n) is 1.91. The van der Waals surface area contributed by atoms with Gasteiger partial charge in [-0.05, 0) is 13.3 Å². The number of nitrogens with zero attached hydrogens (tertiary/aromatic N) is 1. The van der Waals surface area contributed by atoms with E-state index in [0.717, 1.165) is 19.5 Å². The second kappa shape index (κ2) is 3.95. The molecule has 0 aliphatic carbocycles. The second-order valence-corrected chi connectivity index (χ2v) is 4.85. The Morgan fingerprint density at radius 1 is 1.62 bits per heavy atom. The lowest BCUT2D eigenvalue weighted by Gasteiger charge is -2.44. The Balaban J connectivity index is 2.55. The van der Waals surface area contributed by atoms with Gasteiger partial charge in [-0.25, -0.2) is 0 Å². The van der Waals surface area contributed by atoms with Gasteiger partial charge in [-0.1, -0.05) is 13.8 Å². The highest BCUT2D eigenvalue weighted by Crippen LogP contribution is 2.29. The molecule has 3 nitrogen and oxygen atoms in total. The van der Waals surface area contributed by atoms with E-state index in [1.165, 1.54) is 0 Å². The molecule has 2 atom stereocenters. The fraction of sp³-hybridized carbons (Fsp3) is 1.00. The Morgan fingerprint density at radius 2 is 2.23 bits per heavy atom. The van der Waals surface area contributed by atoms with Crippen molar-refractivity contribution in [2.75, 3.05) is 19.6 Å². The van der Waals surface area contributed by atoms with E-state index in [-0.39, 0.29) is 11.5 Å². The van der Waals surface area contributed by atoms with Gasteiger partial charge in [-0.2, -0.15) is 0 Å². The number of nitrogens with two attached hydrogens (primary N) is 1. The van der Waals surface area contributed by atoms with Crippen molar-refractivity contribution in [2.24, 2.45) is 11.1 Å². The molecular formula is C10H22N2O. The van der Waals surface area contributed by atoms with Crippen LogP contribution in [0.2, 0.25) is 0 Å². The monoisotopic (exact) mass is 186 g/mol. The van der Waals surface area contributed by atoms with E-state index >= 15 is 0 Å². The summed E-state index contributed by atoms with van der Waals surface area (Å²) in [5.41, 5.74) is 5.64. The summed E-state index contributed by atoms with van der Waals surface area (Å²) in [6.07, 6.45) is 0.714. The van der Waals surface area contributed by atoms with E-state index in [0.29, 0.717) is 12.6 Å². The maximum Gasteiger partial charge on any atom is 0.0615 e. The quantitative estimate of drug-likeness (QED) is 0.657. The third-order valence-corrected chi connectivity index (χ3v) is 3.17. The zero-order valence-corrected chi connectivity index (χ0v) is 8.95. The van der Waals surface area contributed by atoms with E-state index in [9.17, 15) is 5.11 Å². The van der Waals surface area contributed by atoms with E-state index in [2.05, 4.69) is 25.7 Å². The van der Waals surface area contributed by atoms with Gasteiger partial charge >= 0.3 is 0 Å². The molecule has 0 radical (unpaired) electrons. The van der Waals surface area contributed by atoms with Gasteiger partial charge in [0.2, 0.25) is 0 Å². The summed E-state index contributed by atoms with van der Waals surface area (Å²) >= 11 is 0. The molecule has 2 unspecified atom stereocenters. The van der Waals surface area contributed by atoms with Crippen LogP contribution in [-0.4, -0.2) is 41.8 Å². The van der Waals surface area contributed by atoms with Gasteiger partial charge in [0.25, 0.3) is 0 Å². The Morgan fingerprint density at radius 3 is 2.69 bits per heavy atom. The highest BCUT2D eigenvalue weighted by Gasteiger charge is 2.35. The third kappa shape index (κ3) is 2.42. The van der Waals surface area contributed by atoms with Gasteiger partial charge in [-0.3, -0.25) is 4.90 Å². The third-order valence-electron chi connectivity index (χ3n) is 3.17. The van der Waals surface area contributed by atoms with Crippen molar-refractivity contribution in [2.45, 2.75) is 39.3 Å². The Hall–Kier alpha value is -0.120. The first-order valence-corrected chi connectivity index (χ1v) is 5.09. The highest BCUT2D eigenvalue weighted by molar-refractivity contribution is 4.88. The predicted molar refractivity (Wildman–Crippen MR) is 54.5 cm³/mol. The van der Waals surface area contributed by atoms with Crippen molar-refractivity contribution in [3.8, 4) is 0 Å². The van der Waals surface area contributed by atoms with Gasteiger partial charge in [0.1, 0.15) is 0 Å². The molecule has 0 aromatic carbocycles. The molecule has 1 aliphatic heterocycles. The molecular weight excluding hydrogens is 164 g/mol. The van der Waals surface area contributed by atoms with Crippen molar-refractivity contribution in [3.63, 3.8) is 0 Å². The molecule has 0 spiro atoms. The molecule has 3 N–H and O–H groups in total. The van der Waals surface area contributed by atoms with Gasteiger partial charge in [0.05, 0.1) is 6.10 Å². The Kier molecular flexibility index (Phi) is 3.33. The summed E-state index contributed by atoms with van der Waals surface area (Å²) in [6.45, 7) is 9.01. The molecule has 1 heterocycles. The lowest BCUT2D eigenvalue weighted by Crippen LogP contribution is -2.52. The zero-order valence-electron chi connectivity index (χ0n) is 8.95. The van der Waals surface area contributed by atoms with Crippen molar-refractivity contribution in [3.05, 3.63) is 0 Å². The summed E-state index contributed by atoms with van der Waals surface area (Å²) in [5, 5.41) is 9.75. The lowest BCUT2D eigenvalue weighted by molar-refractivity contribution is -0.0347. The molecule has 0 aromatic heterocycles. The molecule has 78 valence electrons. The van der Waals surface area contributed by atoms with Crippen molar-refractivity contribution in [1.29, 1.82) is 0 Å². The van der Waals surface area contributed by atoms with E-state index in [1.54, 1.807) is 0 Å². The van der Waals surface area contributed by atoms with Crippen LogP contribution in [0.5, 0.6) is 0 Å². The molecule has 0 aromatic rings. The number of piperidine rings is 1. The van der Waals surface area contributed by atoms with Crippen LogP contribution in [0.25, 0.3) is 0 Å². The van der Waals surface area contributed by atoms with Crippen LogP contribution in [0, 0.1) is 5.41 Å². The number of rotatable bonds is 2. The molecule has 0 amide bonds. The highest BCUT2D eigenvalue weighted by atomic mass is 16.3. The van der Waals surface area contributed by atoms with Crippen molar-refractivity contribution >= 4 is 0 Å². The van der Waals surface area contributed by atoms with Crippen molar-refractivity contribution in [1.82, 2.24) is 4.90 Å². The number of hydrogen-bond acceptors (Lipinski definition) is 3. The summed E-state index contributed by atoms with van der Waals surface area (Å²) < 4.78 is 0. The van der Waals surface area contributed by atoms with E-state index in [1.807, 2.05) is 0 Å². The van der Waals surface area contributed by atoms with Crippen LogP contribution in [0.3, 0.4) is 0 Å². The van der Waals surface area contributed by atoms with E-state index in [4.69, 9.17) is 5.73 Å². The van der Waals surface area contributed by atoms with Crippen LogP contribution in [-0.2, 0) is 0 Å². The number of aliphatic hydroxyl groups excluding tert-OH is 1. The zero-order chi connectivity index (χ0) is 10.1. The molecule has 3 heteroatoms. The molecule has 1 fully saturated rings. The summed E-state index contributed by atoms with van der Waals surface area (Å²) in [4.78, 5) is 2.37. The topological polar surface area (TPSA) is 49.5 Å².